The highest BCUT2D eigenvalue weighted by Gasteiger charge is 2.58. The Kier molecular flexibility index (Phi) is 6.75. The molecule has 0 radical (unpaired) electrons. The van der Waals surface area contributed by atoms with E-state index in [9.17, 15) is 18.0 Å². The molecular formula is C25H31N3O5S. The van der Waals surface area contributed by atoms with Crippen LogP contribution in [0.2, 0.25) is 0 Å². The number of ether oxygens (including phenoxy) is 1. The summed E-state index contributed by atoms with van der Waals surface area (Å²) in [7, 11) is -2.52. The lowest BCUT2D eigenvalue weighted by Gasteiger charge is -2.26. The number of anilines is 1. The number of rotatable bonds is 10. The van der Waals surface area contributed by atoms with Gasteiger partial charge in [-0.15, -0.1) is 0 Å². The van der Waals surface area contributed by atoms with Crippen LogP contribution in [-0.4, -0.2) is 42.8 Å². The molecule has 4 rings (SSSR count). The van der Waals surface area contributed by atoms with Gasteiger partial charge < -0.3 is 4.74 Å². The Bertz CT molecular complexity index is 1160. The number of benzene rings is 1. The van der Waals surface area contributed by atoms with E-state index in [1.54, 1.807) is 24.3 Å². The molecule has 2 heterocycles. The minimum Gasteiger partial charge on any atom is -0.450 e. The maximum Gasteiger partial charge on any atom is 0.318 e. The lowest BCUT2D eigenvalue weighted by molar-refractivity contribution is -0.154. The summed E-state index contributed by atoms with van der Waals surface area (Å²) in [5, 5.41) is -0.292. The number of carbonyl (C=O) groups is 2. The summed E-state index contributed by atoms with van der Waals surface area (Å²) in [6, 6.07) is 8.61. The van der Waals surface area contributed by atoms with Crippen molar-refractivity contribution in [3.8, 4) is 0 Å². The second-order valence-electron chi connectivity index (χ2n) is 9.22. The Morgan fingerprint density at radius 1 is 1.09 bits per heavy atom. The molecule has 0 amide bonds. The molecule has 2 fully saturated rings. The normalized spacial score (nSPS) is 20.7. The van der Waals surface area contributed by atoms with Crippen LogP contribution in [0.25, 0.3) is 0 Å². The second-order valence-corrected chi connectivity index (χ2v) is 11.1. The summed E-state index contributed by atoms with van der Waals surface area (Å²) in [6.45, 7) is 3.97. The standard InChI is InChI=1S/C25H31N3O5S/c1-4-12-25(13-5-2)22(29)21(23(30)33-25)20(17-10-11-17)18-8-6-9-19(16-18)28(3)34(31,32)24-26-14-7-15-27-24/h6-9,14-17,20-21H,4-5,10-13H2,1-3H3. The van der Waals surface area contributed by atoms with Gasteiger partial charge in [-0.25, -0.2) is 9.97 Å². The fourth-order valence-electron chi connectivity index (χ4n) is 5.09. The van der Waals surface area contributed by atoms with E-state index in [4.69, 9.17) is 4.74 Å². The average molecular weight is 486 g/mol. The molecule has 0 N–H and O–H groups in total. The van der Waals surface area contributed by atoms with Crippen LogP contribution in [0.4, 0.5) is 5.69 Å². The van der Waals surface area contributed by atoms with Crippen molar-refractivity contribution < 1.29 is 22.7 Å². The van der Waals surface area contributed by atoms with E-state index in [1.807, 2.05) is 19.9 Å². The van der Waals surface area contributed by atoms with Crippen molar-refractivity contribution in [3.63, 3.8) is 0 Å². The van der Waals surface area contributed by atoms with Crippen molar-refractivity contribution in [1.82, 2.24) is 9.97 Å². The van der Waals surface area contributed by atoms with Gasteiger partial charge in [0.2, 0.25) is 0 Å². The predicted octanol–water partition coefficient (Wildman–Crippen LogP) is 3.88. The Balaban J connectivity index is 1.69. The zero-order chi connectivity index (χ0) is 24.5. The molecule has 1 saturated heterocycles. The number of Topliss-reactive ketones (excluding diaryl/α,β-unsaturated/α-hetero) is 1. The molecule has 8 nitrogen and oxygen atoms in total. The Morgan fingerprint density at radius 2 is 1.74 bits per heavy atom. The molecule has 9 heteroatoms. The molecule has 2 aromatic rings. The number of ketones is 1. The van der Waals surface area contributed by atoms with Gasteiger partial charge in [-0.05, 0) is 55.4 Å². The van der Waals surface area contributed by atoms with Gasteiger partial charge >= 0.3 is 5.97 Å². The van der Waals surface area contributed by atoms with Gasteiger partial charge in [0.1, 0.15) is 5.92 Å². The van der Waals surface area contributed by atoms with E-state index in [2.05, 4.69) is 9.97 Å². The molecule has 1 aromatic carbocycles. The molecule has 2 unspecified atom stereocenters. The summed E-state index contributed by atoms with van der Waals surface area (Å²) in [5.74, 6) is -1.58. The first kappa shape index (κ1) is 24.3. The van der Waals surface area contributed by atoms with Crippen LogP contribution in [0.15, 0.2) is 47.9 Å². The van der Waals surface area contributed by atoms with Crippen molar-refractivity contribution >= 4 is 27.5 Å². The SMILES string of the molecule is CCCC1(CCC)OC(=O)C(C(c2cccc(N(C)S(=O)(=O)c3ncccn3)c2)C2CC2)C1=O. The molecule has 1 aliphatic carbocycles. The van der Waals surface area contributed by atoms with Crippen LogP contribution >= 0.6 is 0 Å². The molecule has 1 aliphatic heterocycles. The molecule has 1 aromatic heterocycles. The van der Waals surface area contributed by atoms with Crippen molar-refractivity contribution in [2.75, 3.05) is 11.4 Å². The number of nitrogens with zero attached hydrogens (tertiary/aromatic N) is 3. The third-order valence-corrected chi connectivity index (χ3v) is 8.43. The third-order valence-electron chi connectivity index (χ3n) is 6.83. The van der Waals surface area contributed by atoms with Crippen molar-refractivity contribution in [1.29, 1.82) is 0 Å². The quantitative estimate of drug-likeness (QED) is 0.286. The van der Waals surface area contributed by atoms with E-state index in [0.29, 0.717) is 18.5 Å². The largest absolute Gasteiger partial charge is 0.450 e. The van der Waals surface area contributed by atoms with E-state index in [-0.39, 0.29) is 22.8 Å². The van der Waals surface area contributed by atoms with Crippen LogP contribution in [0, 0.1) is 11.8 Å². The fraction of sp³-hybridized carbons (Fsp3) is 0.520. The topological polar surface area (TPSA) is 107 Å². The van der Waals surface area contributed by atoms with E-state index < -0.39 is 27.5 Å². The maximum atomic E-state index is 13.7. The summed E-state index contributed by atoms with van der Waals surface area (Å²) < 4.78 is 33.0. The summed E-state index contributed by atoms with van der Waals surface area (Å²) in [5.41, 5.74) is 0.152. The highest BCUT2D eigenvalue weighted by Crippen LogP contribution is 2.52. The molecule has 2 atom stereocenters. The van der Waals surface area contributed by atoms with Crippen LogP contribution in [0.5, 0.6) is 0 Å². The Labute approximate surface area is 200 Å². The smallest absolute Gasteiger partial charge is 0.318 e. The van der Waals surface area contributed by atoms with Crippen LogP contribution < -0.4 is 4.31 Å². The second kappa shape index (κ2) is 9.44. The van der Waals surface area contributed by atoms with Gasteiger partial charge in [-0.1, -0.05) is 38.8 Å². The predicted molar refractivity (Wildman–Crippen MR) is 127 cm³/mol. The summed E-state index contributed by atoms with van der Waals surface area (Å²) >= 11 is 0. The zero-order valence-electron chi connectivity index (χ0n) is 19.8. The number of hydrogen-bond donors (Lipinski definition) is 0. The van der Waals surface area contributed by atoms with Gasteiger partial charge in [-0.3, -0.25) is 13.9 Å². The van der Waals surface area contributed by atoms with E-state index >= 15 is 0 Å². The highest BCUT2D eigenvalue weighted by atomic mass is 32.2. The minimum absolute atomic E-state index is 0.123. The lowest BCUT2D eigenvalue weighted by Crippen LogP contribution is -2.38. The molecule has 0 spiro atoms. The number of cyclic esters (lactones) is 1. The lowest BCUT2D eigenvalue weighted by atomic mass is 9.75. The van der Waals surface area contributed by atoms with Gasteiger partial charge in [-0.2, -0.15) is 8.42 Å². The zero-order valence-corrected chi connectivity index (χ0v) is 20.6. The van der Waals surface area contributed by atoms with Crippen molar-refractivity contribution in [2.45, 2.75) is 69.0 Å². The molecular weight excluding hydrogens is 454 g/mol. The third kappa shape index (κ3) is 4.33. The van der Waals surface area contributed by atoms with Gasteiger partial charge in [0, 0.05) is 25.4 Å². The van der Waals surface area contributed by atoms with Gasteiger partial charge in [0.25, 0.3) is 15.2 Å². The molecule has 34 heavy (non-hydrogen) atoms. The van der Waals surface area contributed by atoms with Gasteiger partial charge in [0.15, 0.2) is 11.4 Å². The maximum absolute atomic E-state index is 13.7. The molecule has 182 valence electrons. The van der Waals surface area contributed by atoms with Crippen LogP contribution in [0.3, 0.4) is 0 Å². The minimum atomic E-state index is -3.96. The fourth-order valence-corrected chi connectivity index (χ4v) is 6.11. The Hall–Kier alpha value is -2.81. The van der Waals surface area contributed by atoms with Crippen LogP contribution in [-0.2, 0) is 24.3 Å². The first-order valence-corrected chi connectivity index (χ1v) is 13.3. The number of esters is 1. The molecule has 2 aliphatic rings. The number of sulfonamides is 1. The number of hydrogen-bond acceptors (Lipinski definition) is 7. The number of aromatic nitrogens is 2. The molecule has 0 bridgehead atoms. The highest BCUT2D eigenvalue weighted by molar-refractivity contribution is 7.92. The Morgan fingerprint density at radius 3 is 2.32 bits per heavy atom. The summed E-state index contributed by atoms with van der Waals surface area (Å²) in [6.07, 6.45) is 7.15. The van der Waals surface area contributed by atoms with E-state index in [1.165, 1.54) is 19.4 Å². The number of carbonyl (C=O) groups excluding carboxylic acids is 2. The van der Waals surface area contributed by atoms with Crippen LogP contribution in [0.1, 0.15) is 63.9 Å². The average Bonchev–Trinajstić information content (AvgIpc) is 3.64. The molecule has 1 saturated carbocycles. The monoisotopic (exact) mass is 485 g/mol. The van der Waals surface area contributed by atoms with Crippen molar-refractivity contribution in [2.24, 2.45) is 11.8 Å². The first-order valence-electron chi connectivity index (χ1n) is 11.9. The first-order chi connectivity index (χ1) is 16.2. The van der Waals surface area contributed by atoms with Crippen molar-refractivity contribution in [3.05, 3.63) is 48.3 Å². The summed E-state index contributed by atoms with van der Waals surface area (Å²) in [4.78, 5) is 34.5. The van der Waals surface area contributed by atoms with Gasteiger partial charge in [0.05, 0.1) is 5.69 Å². The van der Waals surface area contributed by atoms with E-state index in [0.717, 1.165) is 35.6 Å².